The number of rotatable bonds is 5. The molecular formula is C25H23N3O3. The highest BCUT2D eigenvalue weighted by Gasteiger charge is 2.21. The number of aromatic hydroxyl groups is 1. The second-order valence-electron chi connectivity index (χ2n) is 7.44. The zero-order valence-corrected chi connectivity index (χ0v) is 17.6. The van der Waals surface area contributed by atoms with Crippen molar-refractivity contribution in [2.45, 2.75) is 19.9 Å². The molecule has 2 aromatic heterocycles. The number of nitrogens with one attached hydrogen (secondary N) is 1. The second kappa shape index (κ2) is 8.44. The normalized spacial score (nSPS) is 11.8. The molecule has 2 N–H and O–H groups in total. The van der Waals surface area contributed by atoms with Crippen LogP contribution in [0, 0.1) is 13.8 Å². The zero-order valence-electron chi connectivity index (χ0n) is 17.6. The van der Waals surface area contributed by atoms with Gasteiger partial charge in [0, 0.05) is 22.8 Å². The van der Waals surface area contributed by atoms with Crippen LogP contribution in [0.4, 0.5) is 5.82 Å². The van der Waals surface area contributed by atoms with E-state index in [0.29, 0.717) is 22.5 Å². The van der Waals surface area contributed by atoms with Crippen LogP contribution in [-0.2, 0) is 4.74 Å². The first-order chi connectivity index (χ1) is 15.0. The number of ether oxygens (including phenoxy) is 1. The first kappa shape index (κ1) is 20.3. The van der Waals surface area contributed by atoms with E-state index < -0.39 is 12.0 Å². The topological polar surface area (TPSA) is 84.3 Å². The molecule has 0 bridgehead atoms. The van der Waals surface area contributed by atoms with E-state index in [4.69, 9.17) is 4.74 Å². The zero-order chi connectivity index (χ0) is 22.0. The third kappa shape index (κ3) is 4.19. The van der Waals surface area contributed by atoms with Crippen LogP contribution in [0.2, 0.25) is 0 Å². The van der Waals surface area contributed by atoms with Gasteiger partial charge in [0.15, 0.2) is 0 Å². The van der Waals surface area contributed by atoms with Gasteiger partial charge in [0.05, 0.1) is 18.7 Å². The van der Waals surface area contributed by atoms with Gasteiger partial charge >= 0.3 is 5.97 Å². The Bertz CT molecular complexity index is 1250. The minimum absolute atomic E-state index is 0.114. The maximum absolute atomic E-state index is 11.8. The Hall–Kier alpha value is -3.93. The Morgan fingerprint density at radius 2 is 1.77 bits per heavy atom. The molecular weight excluding hydrogens is 390 g/mol. The molecule has 0 fully saturated rings. The van der Waals surface area contributed by atoms with Gasteiger partial charge in [-0.2, -0.15) is 0 Å². The smallest absolute Gasteiger partial charge is 0.337 e. The van der Waals surface area contributed by atoms with Crippen LogP contribution < -0.4 is 5.32 Å². The van der Waals surface area contributed by atoms with Crippen LogP contribution in [0.3, 0.4) is 0 Å². The summed E-state index contributed by atoms with van der Waals surface area (Å²) in [5.41, 5.74) is 4.42. The van der Waals surface area contributed by atoms with Crippen molar-refractivity contribution < 1.29 is 14.6 Å². The quantitative estimate of drug-likeness (QED) is 0.451. The molecule has 0 amide bonds. The number of esters is 1. The number of pyridine rings is 2. The fourth-order valence-corrected chi connectivity index (χ4v) is 3.55. The first-order valence-electron chi connectivity index (χ1n) is 9.93. The highest BCUT2D eigenvalue weighted by molar-refractivity contribution is 5.89. The molecule has 2 heterocycles. The number of aryl methyl sites for hydroxylation is 2. The third-order valence-corrected chi connectivity index (χ3v) is 5.19. The van der Waals surface area contributed by atoms with Crippen LogP contribution in [-0.4, -0.2) is 28.2 Å². The van der Waals surface area contributed by atoms with Gasteiger partial charge < -0.3 is 15.2 Å². The molecule has 0 aliphatic carbocycles. The van der Waals surface area contributed by atoms with Gasteiger partial charge in [-0.15, -0.1) is 0 Å². The number of fused-ring (bicyclic) bond motifs is 1. The number of hydrogen-bond donors (Lipinski definition) is 2. The predicted octanol–water partition coefficient (Wildman–Crippen LogP) is 4.94. The van der Waals surface area contributed by atoms with E-state index in [2.05, 4.69) is 15.3 Å². The van der Waals surface area contributed by atoms with Gasteiger partial charge in [0.2, 0.25) is 0 Å². The molecule has 4 aromatic rings. The summed E-state index contributed by atoms with van der Waals surface area (Å²) >= 11 is 0. The monoisotopic (exact) mass is 413 g/mol. The molecule has 6 heteroatoms. The maximum Gasteiger partial charge on any atom is 0.337 e. The summed E-state index contributed by atoms with van der Waals surface area (Å²) in [4.78, 5) is 20.8. The van der Waals surface area contributed by atoms with Crippen LogP contribution >= 0.6 is 0 Å². The van der Waals surface area contributed by atoms with E-state index in [9.17, 15) is 9.90 Å². The Kier molecular flexibility index (Phi) is 5.54. The Morgan fingerprint density at radius 3 is 2.48 bits per heavy atom. The summed E-state index contributed by atoms with van der Waals surface area (Å²) < 4.78 is 4.80. The highest BCUT2D eigenvalue weighted by atomic mass is 16.5. The lowest BCUT2D eigenvalue weighted by atomic mass is 9.95. The van der Waals surface area contributed by atoms with E-state index in [1.165, 1.54) is 7.11 Å². The van der Waals surface area contributed by atoms with Crippen molar-refractivity contribution in [1.82, 2.24) is 9.97 Å². The van der Waals surface area contributed by atoms with Gasteiger partial charge in [0.25, 0.3) is 0 Å². The van der Waals surface area contributed by atoms with Crippen molar-refractivity contribution in [3.05, 3.63) is 94.8 Å². The molecule has 0 aliphatic rings. The fourth-order valence-electron chi connectivity index (χ4n) is 3.55. The lowest BCUT2D eigenvalue weighted by molar-refractivity contribution is 0.0600. The summed E-state index contributed by atoms with van der Waals surface area (Å²) in [5.74, 6) is 0.395. The average Bonchev–Trinajstić information content (AvgIpc) is 2.78. The molecule has 0 radical (unpaired) electrons. The number of phenolic OH excluding ortho intramolecular Hbond substituents is 1. The standard InChI is InChI=1S/C25H23N3O3/c1-15-12-13-26-21(14-15)28-22(17-6-8-19(9-7-17)25(30)31-3)20-11-10-18-5-4-16(2)27-23(18)24(20)29/h4-14,22,29H,1-3H3,(H,26,28)/t22-/m0/s1. The molecule has 156 valence electrons. The van der Waals surface area contributed by atoms with Gasteiger partial charge in [-0.05, 0) is 55.3 Å². The number of anilines is 1. The molecule has 2 aromatic carbocycles. The molecule has 4 rings (SSSR count). The number of hydrogen-bond acceptors (Lipinski definition) is 6. The third-order valence-electron chi connectivity index (χ3n) is 5.19. The van der Waals surface area contributed by atoms with Crippen molar-refractivity contribution in [2.24, 2.45) is 0 Å². The Balaban J connectivity index is 1.83. The summed E-state index contributed by atoms with van der Waals surface area (Å²) in [6.07, 6.45) is 1.74. The van der Waals surface area contributed by atoms with Gasteiger partial charge in [0.1, 0.15) is 17.1 Å². The minimum atomic E-state index is -0.410. The molecule has 0 unspecified atom stereocenters. The number of phenols is 1. The number of nitrogens with zero attached hydrogens (tertiary/aromatic N) is 2. The van der Waals surface area contributed by atoms with Crippen LogP contribution in [0.5, 0.6) is 5.75 Å². The van der Waals surface area contributed by atoms with Crippen molar-refractivity contribution in [3.8, 4) is 5.75 Å². The van der Waals surface area contributed by atoms with E-state index >= 15 is 0 Å². The lowest BCUT2D eigenvalue weighted by Gasteiger charge is -2.22. The fraction of sp³-hybridized carbons (Fsp3) is 0.160. The summed E-state index contributed by atoms with van der Waals surface area (Å²) in [7, 11) is 1.35. The Labute approximate surface area is 180 Å². The van der Waals surface area contributed by atoms with Crippen molar-refractivity contribution in [1.29, 1.82) is 0 Å². The van der Waals surface area contributed by atoms with E-state index in [1.54, 1.807) is 18.3 Å². The molecule has 1 atom stereocenters. The summed E-state index contributed by atoms with van der Waals surface area (Å²) in [6.45, 7) is 3.89. The van der Waals surface area contributed by atoms with Crippen LogP contribution in [0.25, 0.3) is 10.9 Å². The van der Waals surface area contributed by atoms with Crippen molar-refractivity contribution in [2.75, 3.05) is 12.4 Å². The van der Waals surface area contributed by atoms with E-state index in [-0.39, 0.29) is 5.75 Å². The maximum atomic E-state index is 11.8. The number of carbonyl (C=O) groups excluding carboxylic acids is 1. The molecule has 0 spiro atoms. The molecule has 0 saturated carbocycles. The van der Waals surface area contributed by atoms with E-state index in [1.807, 2.05) is 62.4 Å². The first-order valence-corrected chi connectivity index (χ1v) is 9.93. The summed E-state index contributed by atoms with van der Waals surface area (Å²) in [6, 6.07) is 18.2. The van der Waals surface area contributed by atoms with Crippen LogP contribution in [0.1, 0.15) is 38.8 Å². The SMILES string of the molecule is COC(=O)c1ccc([C@H](Nc2cc(C)ccn2)c2ccc3ccc(C)nc3c2O)cc1. The second-order valence-corrected chi connectivity index (χ2v) is 7.44. The van der Waals surface area contributed by atoms with Gasteiger partial charge in [-0.25, -0.2) is 14.8 Å². The largest absolute Gasteiger partial charge is 0.505 e. The Morgan fingerprint density at radius 1 is 1.03 bits per heavy atom. The summed E-state index contributed by atoms with van der Waals surface area (Å²) in [5, 5.41) is 15.4. The predicted molar refractivity (Wildman–Crippen MR) is 120 cm³/mol. The molecule has 31 heavy (non-hydrogen) atoms. The number of benzene rings is 2. The minimum Gasteiger partial charge on any atom is -0.505 e. The molecule has 0 saturated heterocycles. The lowest BCUT2D eigenvalue weighted by Crippen LogP contribution is -2.14. The van der Waals surface area contributed by atoms with Gasteiger partial charge in [-0.3, -0.25) is 0 Å². The van der Waals surface area contributed by atoms with Gasteiger partial charge in [-0.1, -0.05) is 30.3 Å². The number of aromatic nitrogens is 2. The van der Waals surface area contributed by atoms with Crippen LogP contribution in [0.15, 0.2) is 66.9 Å². The number of methoxy groups -OCH3 is 1. The number of carbonyl (C=O) groups is 1. The van der Waals surface area contributed by atoms with Crippen molar-refractivity contribution in [3.63, 3.8) is 0 Å². The average molecular weight is 413 g/mol. The molecule has 6 nitrogen and oxygen atoms in total. The molecule has 0 aliphatic heterocycles. The van der Waals surface area contributed by atoms with E-state index in [0.717, 1.165) is 22.2 Å². The van der Waals surface area contributed by atoms with Crippen molar-refractivity contribution >= 4 is 22.7 Å². The highest BCUT2D eigenvalue weighted by Crippen LogP contribution is 2.36.